The van der Waals surface area contributed by atoms with Crippen molar-refractivity contribution in [2.45, 2.75) is 38.0 Å². The Morgan fingerprint density at radius 3 is 2.62 bits per heavy atom. The number of aromatic nitrogens is 2. The number of hydrogen-bond acceptors (Lipinski definition) is 3. The van der Waals surface area contributed by atoms with Gasteiger partial charge in [-0.05, 0) is 42.0 Å². The molecule has 1 aromatic heterocycles. The lowest BCUT2D eigenvalue weighted by Gasteiger charge is -2.24. The molecule has 1 fully saturated rings. The molecule has 1 saturated carbocycles. The molecule has 3 rings (SSSR count). The van der Waals surface area contributed by atoms with E-state index in [1.807, 2.05) is 13.2 Å². The monoisotopic (exact) mass is 285 g/mol. The van der Waals surface area contributed by atoms with Crippen LogP contribution in [0.4, 0.5) is 5.82 Å². The summed E-state index contributed by atoms with van der Waals surface area (Å²) in [6.45, 7) is 0. The molecular weight excluding hydrogens is 262 g/mol. The van der Waals surface area contributed by atoms with Gasteiger partial charge in [-0.2, -0.15) is 5.10 Å². The highest BCUT2D eigenvalue weighted by molar-refractivity contribution is 5.74. The van der Waals surface area contributed by atoms with Gasteiger partial charge in [0.1, 0.15) is 11.6 Å². The second-order valence-corrected chi connectivity index (χ2v) is 5.86. The fraction of sp³-hybridized carbons (Fsp3) is 0.471. The van der Waals surface area contributed by atoms with Crippen LogP contribution in [-0.4, -0.2) is 16.9 Å². The van der Waals surface area contributed by atoms with Gasteiger partial charge < -0.3 is 10.5 Å². The Bertz CT molecular complexity index is 627. The summed E-state index contributed by atoms with van der Waals surface area (Å²) in [6, 6.07) is 6.37. The third-order valence-electron chi connectivity index (χ3n) is 4.57. The number of nitrogens with two attached hydrogens (primary N) is 1. The number of anilines is 1. The highest BCUT2D eigenvalue weighted by Gasteiger charge is 2.20. The predicted octanol–water partition coefficient (Wildman–Crippen LogP) is 3.73. The van der Waals surface area contributed by atoms with E-state index in [9.17, 15) is 0 Å². The van der Waals surface area contributed by atoms with Crippen LogP contribution in [-0.2, 0) is 7.05 Å². The lowest BCUT2D eigenvalue weighted by Crippen LogP contribution is -2.06. The number of methoxy groups -OCH3 is 1. The van der Waals surface area contributed by atoms with Crippen LogP contribution in [0.25, 0.3) is 11.1 Å². The zero-order chi connectivity index (χ0) is 14.8. The molecule has 112 valence electrons. The summed E-state index contributed by atoms with van der Waals surface area (Å²) in [4.78, 5) is 0. The molecule has 0 bridgehead atoms. The molecule has 0 atom stereocenters. The molecule has 4 nitrogen and oxygen atoms in total. The minimum atomic E-state index is 0.603. The first-order valence-corrected chi connectivity index (χ1v) is 7.66. The lowest BCUT2D eigenvalue weighted by molar-refractivity contribution is 0.387. The van der Waals surface area contributed by atoms with Crippen molar-refractivity contribution in [2.75, 3.05) is 12.8 Å². The minimum absolute atomic E-state index is 0.603. The summed E-state index contributed by atoms with van der Waals surface area (Å²) in [5.41, 5.74) is 9.54. The van der Waals surface area contributed by atoms with E-state index in [1.165, 1.54) is 37.7 Å². The molecule has 2 N–H and O–H groups in total. The Morgan fingerprint density at radius 2 is 2.00 bits per heavy atom. The number of nitrogens with zero attached hydrogens (tertiary/aromatic N) is 2. The maximum atomic E-state index is 6.10. The third-order valence-corrected chi connectivity index (χ3v) is 4.57. The summed E-state index contributed by atoms with van der Waals surface area (Å²) >= 11 is 0. The van der Waals surface area contributed by atoms with Crippen molar-refractivity contribution in [3.05, 3.63) is 30.0 Å². The Hall–Kier alpha value is -1.97. The first-order chi connectivity index (χ1) is 10.2. The quantitative estimate of drug-likeness (QED) is 0.935. The van der Waals surface area contributed by atoms with Crippen LogP contribution in [0.2, 0.25) is 0 Å². The van der Waals surface area contributed by atoms with E-state index in [1.54, 1.807) is 11.8 Å². The zero-order valence-corrected chi connectivity index (χ0v) is 12.8. The Balaban J connectivity index is 2.01. The number of ether oxygens (including phenoxy) is 1. The van der Waals surface area contributed by atoms with E-state index in [0.717, 1.165) is 16.9 Å². The van der Waals surface area contributed by atoms with Crippen molar-refractivity contribution in [2.24, 2.45) is 7.05 Å². The second-order valence-electron chi connectivity index (χ2n) is 5.86. The maximum absolute atomic E-state index is 6.10. The van der Waals surface area contributed by atoms with Crippen LogP contribution < -0.4 is 10.5 Å². The fourth-order valence-electron chi connectivity index (χ4n) is 3.30. The van der Waals surface area contributed by atoms with Crippen molar-refractivity contribution in [3.63, 3.8) is 0 Å². The van der Waals surface area contributed by atoms with Gasteiger partial charge >= 0.3 is 0 Å². The van der Waals surface area contributed by atoms with Crippen molar-refractivity contribution in [1.29, 1.82) is 0 Å². The molecule has 0 saturated heterocycles. The highest BCUT2D eigenvalue weighted by Crippen LogP contribution is 2.40. The standard InChI is InChI=1S/C17H23N3O/c1-20-17(18)15(11-19-20)13-8-9-16(21-2)14(10-13)12-6-4-3-5-7-12/h8-12H,3-7,18H2,1-2H3. The Morgan fingerprint density at radius 1 is 1.24 bits per heavy atom. The van der Waals surface area contributed by atoms with Gasteiger partial charge in [-0.3, -0.25) is 4.68 Å². The lowest BCUT2D eigenvalue weighted by atomic mass is 9.83. The van der Waals surface area contributed by atoms with Gasteiger partial charge in [-0.1, -0.05) is 25.3 Å². The van der Waals surface area contributed by atoms with Gasteiger partial charge in [0.15, 0.2) is 0 Å². The second kappa shape index (κ2) is 5.80. The van der Waals surface area contributed by atoms with E-state index in [4.69, 9.17) is 10.5 Å². The molecular formula is C17H23N3O. The molecule has 0 amide bonds. The van der Waals surface area contributed by atoms with Gasteiger partial charge in [-0.15, -0.1) is 0 Å². The summed E-state index contributed by atoms with van der Waals surface area (Å²) in [6.07, 6.45) is 8.32. The maximum Gasteiger partial charge on any atom is 0.129 e. The number of aryl methyl sites for hydroxylation is 1. The SMILES string of the molecule is COc1ccc(-c2cnn(C)c2N)cc1C1CCCCC1. The fourth-order valence-corrected chi connectivity index (χ4v) is 3.30. The average molecular weight is 285 g/mol. The molecule has 0 unspecified atom stereocenters. The Kier molecular flexibility index (Phi) is 3.86. The summed E-state index contributed by atoms with van der Waals surface area (Å²) in [5.74, 6) is 2.30. The zero-order valence-electron chi connectivity index (χ0n) is 12.8. The van der Waals surface area contributed by atoms with Gasteiger partial charge in [-0.25, -0.2) is 0 Å². The molecule has 2 aromatic rings. The van der Waals surface area contributed by atoms with E-state index in [-0.39, 0.29) is 0 Å². The van der Waals surface area contributed by atoms with E-state index in [0.29, 0.717) is 11.7 Å². The molecule has 1 aromatic carbocycles. The molecule has 0 aliphatic heterocycles. The largest absolute Gasteiger partial charge is 0.496 e. The van der Waals surface area contributed by atoms with Crippen molar-refractivity contribution < 1.29 is 4.74 Å². The normalized spacial score (nSPS) is 16.1. The number of nitrogen functional groups attached to an aromatic ring is 1. The third kappa shape index (κ3) is 2.62. The number of benzene rings is 1. The topological polar surface area (TPSA) is 53.1 Å². The van der Waals surface area contributed by atoms with Crippen LogP contribution in [0.1, 0.15) is 43.6 Å². The molecule has 4 heteroatoms. The predicted molar refractivity (Wildman–Crippen MR) is 85.4 cm³/mol. The van der Waals surface area contributed by atoms with Gasteiger partial charge in [0.05, 0.1) is 13.3 Å². The molecule has 21 heavy (non-hydrogen) atoms. The summed E-state index contributed by atoms with van der Waals surface area (Å²) < 4.78 is 7.28. The first-order valence-electron chi connectivity index (χ1n) is 7.66. The smallest absolute Gasteiger partial charge is 0.129 e. The Labute approximate surface area is 125 Å². The molecule has 1 aliphatic carbocycles. The molecule has 1 aliphatic rings. The van der Waals surface area contributed by atoms with E-state index >= 15 is 0 Å². The van der Waals surface area contributed by atoms with Crippen molar-refractivity contribution in [3.8, 4) is 16.9 Å². The van der Waals surface area contributed by atoms with Gasteiger partial charge in [0.2, 0.25) is 0 Å². The van der Waals surface area contributed by atoms with Crippen LogP contribution in [0, 0.1) is 0 Å². The van der Waals surface area contributed by atoms with Crippen LogP contribution in [0.5, 0.6) is 5.75 Å². The van der Waals surface area contributed by atoms with Gasteiger partial charge in [0, 0.05) is 12.6 Å². The average Bonchev–Trinajstić information content (AvgIpc) is 2.87. The van der Waals surface area contributed by atoms with E-state index < -0.39 is 0 Å². The highest BCUT2D eigenvalue weighted by atomic mass is 16.5. The van der Waals surface area contributed by atoms with Crippen LogP contribution >= 0.6 is 0 Å². The molecule has 1 heterocycles. The summed E-state index contributed by atoms with van der Waals surface area (Å²) in [7, 11) is 3.62. The number of hydrogen-bond donors (Lipinski definition) is 1. The van der Waals surface area contributed by atoms with Crippen LogP contribution in [0.3, 0.4) is 0 Å². The summed E-state index contributed by atoms with van der Waals surface area (Å²) in [5, 5.41) is 4.24. The van der Waals surface area contributed by atoms with Crippen molar-refractivity contribution in [1.82, 2.24) is 9.78 Å². The van der Waals surface area contributed by atoms with Crippen LogP contribution in [0.15, 0.2) is 24.4 Å². The van der Waals surface area contributed by atoms with Crippen molar-refractivity contribution >= 4 is 5.82 Å². The molecule has 0 radical (unpaired) electrons. The first kappa shape index (κ1) is 14.0. The minimum Gasteiger partial charge on any atom is -0.496 e. The van der Waals surface area contributed by atoms with E-state index in [2.05, 4.69) is 23.3 Å². The molecule has 0 spiro atoms. The van der Waals surface area contributed by atoms with Gasteiger partial charge in [0.25, 0.3) is 0 Å². The number of rotatable bonds is 3.